The molecule has 1 fully saturated rings. The average Bonchev–Trinajstić information content (AvgIpc) is 3.10. The molecule has 0 radical (unpaired) electrons. The van der Waals surface area contributed by atoms with Crippen molar-refractivity contribution >= 4 is 5.91 Å². The summed E-state index contributed by atoms with van der Waals surface area (Å²) in [5, 5.41) is 3.15. The summed E-state index contributed by atoms with van der Waals surface area (Å²) < 4.78 is 7.56. The minimum atomic E-state index is -0.0617. The summed E-state index contributed by atoms with van der Waals surface area (Å²) in [6.07, 6.45) is 11.7. The van der Waals surface area contributed by atoms with Crippen molar-refractivity contribution < 1.29 is 9.53 Å². The van der Waals surface area contributed by atoms with Gasteiger partial charge in [-0.05, 0) is 31.4 Å². The standard InChI is InChI=1S/C16H20N4O2/c1-22-13-2-3-14(15(10-13)20-9-8-18-11-20)19-16(21)12-4-6-17-7-5-12/h4-9,11,13-15H,2-3,10H2,1H3,(H,19,21)/t13-,14-,15-/m1/s1. The Bertz CT molecular complexity index is 600. The van der Waals surface area contributed by atoms with E-state index in [1.165, 1.54) is 0 Å². The molecule has 0 spiro atoms. The largest absolute Gasteiger partial charge is 0.381 e. The lowest BCUT2D eigenvalue weighted by molar-refractivity contribution is 0.0393. The summed E-state index contributed by atoms with van der Waals surface area (Å²) in [4.78, 5) is 20.4. The summed E-state index contributed by atoms with van der Waals surface area (Å²) in [6.45, 7) is 0. The van der Waals surface area contributed by atoms with Gasteiger partial charge in [0.2, 0.25) is 0 Å². The molecule has 0 aliphatic heterocycles. The monoisotopic (exact) mass is 300 g/mol. The molecule has 0 unspecified atom stereocenters. The van der Waals surface area contributed by atoms with E-state index >= 15 is 0 Å². The van der Waals surface area contributed by atoms with Crippen LogP contribution >= 0.6 is 0 Å². The maximum atomic E-state index is 12.4. The van der Waals surface area contributed by atoms with Gasteiger partial charge in [0.15, 0.2) is 0 Å². The normalized spacial score (nSPS) is 24.9. The minimum absolute atomic E-state index is 0.0617. The Morgan fingerprint density at radius 2 is 2.09 bits per heavy atom. The average molecular weight is 300 g/mol. The van der Waals surface area contributed by atoms with E-state index in [-0.39, 0.29) is 24.1 Å². The molecular weight excluding hydrogens is 280 g/mol. The first kappa shape index (κ1) is 14.7. The second-order valence-electron chi connectivity index (χ2n) is 5.56. The molecule has 6 heteroatoms. The molecule has 6 nitrogen and oxygen atoms in total. The van der Waals surface area contributed by atoms with Gasteiger partial charge >= 0.3 is 0 Å². The third-order valence-electron chi connectivity index (χ3n) is 4.27. The smallest absolute Gasteiger partial charge is 0.251 e. The van der Waals surface area contributed by atoms with Crippen molar-refractivity contribution in [2.75, 3.05) is 7.11 Å². The number of ether oxygens (including phenoxy) is 1. The predicted octanol–water partition coefficient (Wildman–Crippen LogP) is 1.82. The Labute approximate surface area is 129 Å². The molecule has 0 aromatic carbocycles. The number of nitrogens with zero attached hydrogens (tertiary/aromatic N) is 3. The number of aromatic nitrogens is 3. The molecule has 2 heterocycles. The van der Waals surface area contributed by atoms with Crippen LogP contribution in [0.3, 0.4) is 0 Å². The highest BCUT2D eigenvalue weighted by Crippen LogP contribution is 2.30. The van der Waals surface area contributed by atoms with Crippen molar-refractivity contribution in [2.45, 2.75) is 37.5 Å². The quantitative estimate of drug-likeness (QED) is 0.935. The summed E-state index contributed by atoms with van der Waals surface area (Å²) >= 11 is 0. The highest BCUT2D eigenvalue weighted by Gasteiger charge is 2.32. The van der Waals surface area contributed by atoms with Crippen LogP contribution in [-0.2, 0) is 4.74 Å². The van der Waals surface area contributed by atoms with Crippen molar-refractivity contribution in [1.29, 1.82) is 0 Å². The van der Waals surface area contributed by atoms with Gasteiger partial charge in [-0.2, -0.15) is 0 Å². The molecule has 0 saturated heterocycles. The maximum Gasteiger partial charge on any atom is 0.251 e. The SMILES string of the molecule is CO[C@@H]1CC[C@@H](NC(=O)c2ccncc2)[C@H](n2ccnc2)C1. The molecule has 116 valence electrons. The summed E-state index contributed by atoms with van der Waals surface area (Å²) in [7, 11) is 1.74. The molecule has 3 rings (SSSR count). The van der Waals surface area contributed by atoms with E-state index in [4.69, 9.17) is 4.74 Å². The van der Waals surface area contributed by atoms with Gasteiger partial charge in [-0.3, -0.25) is 9.78 Å². The first-order valence-electron chi connectivity index (χ1n) is 7.49. The highest BCUT2D eigenvalue weighted by molar-refractivity contribution is 5.94. The first-order chi connectivity index (χ1) is 10.8. The van der Waals surface area contributed by atoms with Crippen molar-refractivity contribution in [3.8, 4) is 0 Å². The Hall–Kier alpha value is -2.21. The minimum Gasteiger partial charge on any atom is -0.381 e. The number of carbonyl (C=O) groups is 1. The van der Waals surface area contributed by atoms with Gasteiger partial charge in [0, 0.05) is 37.5 Å². The number of nitrogens with one attached hydrogen (secondary N) is 1. The Kier molecular flexibility index (Phi) is 4.48. The van der Waals surface area contributed by atoms with Gasteiger partial charge in [-0.1, -0.05) is 0 Å². The van der Waals surface area contributed by atoms with E-state index in [1.54, 1.807) is 44.2 Å². The van der Waals surface area contributed by atoms with Crippen LogP contribution in [-0.4, -0.2) is 39.7 Å². The summed E-state index contributed by atoms with van der Waals surface area (Å²) in [5.74, 6) is -0.0617. The number of rotatable bonds is 4. The molecule has 1 aliphatic carbocycles. The zero-order valence-electron chi connectivity index (χ0n) is 12.6. The topological polar surface area (TPSA) is 69.0 Å². The molecule has 2 aromatic heterocycles. The second-order valence-corrected chi connectivity index (χ2v) is 5.56. The van der Waals surface area contributed by atoms with E-state index in [0.717, 1.165) is 19.3 Å². The Balaban J connectivity index is 1.74. The highest BCUT2D eigenvalue weighted by atomic mass is 16.5. The fourth-order valence-electron chi connectivity index (χ4n) is 3.04. The van der Waals surface area contributed by atoms with Gasteiger partial charge in [-0.15, -0.1) is 0 Å². The number of pyridine rings is 1. The van der Waals surface area contributed by atoms with Crippen LogP contribution in [0.5, 0.6) is 0 Å². The van der Waals surface area contributed by atoms with Gasteiger partial charge in [-0.25, -0.2) is 4.98 Å². The number of amides is 1. The van der Waals surface area contributed by atoms with Crippen LogP contribution in [0.4, 0.5) is 0 Å². The van der Waals surface area contributed by atoms with Crippen molar-refractivity contribution in [1.82, 2.24) is 19.9 Å². The van der Waals surface area contributed by atoms with Gasteiger partial charge < -0.3 is 14.6 Å². The van der Waals surface area contributed by atoms with E-state index in [0.29, 0.717) is 5.56 Å². The van der Waals surface area contributed by atoms with E-state index in [1.807, 2.05) is 6.20 Å². The van der Waals surface area contributed by atoms with Gasteiger partial charge in [0.25, 0.3) is 5.91 Å². The molecule has 2 aromatic rings. The molecule has 22 heavy (non-hydrogen) atoms. The Morgan fingerprint density at radius 1 is 1.27 bits per heavy atom. The van der Waals surface area contributed by atoms with Crippen LogP contribution in [0.15, 0.2) is 43.2 Å². The van der Waals surface area contributed by atoms with Crippen LogP contribution in [0.2, 0.25) is 0 Å². The lowest BCUT2D eigenvalue weighted by Crippen LogP contribution is -2.45. The van der Waals surface area contributed by atoms with Gasteiger partial charge in [0.1, 0.15) is 0 Å². The number of carbonyl (C=O) groups excluding carboxylic acids is 1. The van der Waals surface area contributed by atoms with E-state index < -0.39 is 0 Å². The third-order valence-corrected chi connectivity index (χ3v) is 4.27. The molecule has 1 aliphatic rings. The van der Waals surface area contributed by atoms with Crippen LogP contribution in [0.25, 0.3) is 0 Å². The molecular formula is C16H20N4O2. The van der Waals surface area contributed by atoms with Gasteiger partial charge in [0.05, 0.1) is 24.5 Å². The molecule has 1 amide bonds. The number of hydrogen-bond acceptors (Lipinski definition) is 4. The number of methoxy groups -OCH3 is 1. The Morgan fingerprint density at radius 3 is 2.77 bits per heavy atom. The van der Waals surface area contributed by atoms with Crippen molar-refractivity contribution in [2.24, 2.45) is 0 Å². The van der Waals surface area contributed by atoms with Crippen molar-refractivity contribution in [3.05, 3.63) is 48.8 Å². The lowest BCUT2D eigenvalue weighted by atomic mass is 9.87. The fourth-order valence-corrected chi connectivity index (χ4v) is 3.04. The van der Waals surface area contributed by atoms with Crippen LogP contribution < -0.4 is 5.32 Å². The molecule has 1 N–H and O–H groups in total. The van der Waals surface area contributed by atoms with Crippen LogP contribution in [0, 0.1) is 0 Å². The molecule has 0 bridgehead atoms. The third kappa shape index (κ3) is 3.17. The predicted molar refractivity (Wildman–Crippen MR) is 81.4 cm³/mol. The lowest BCUT2D eigenvalue weighted by Gasteiger charge is -2.36. The van der Waals surface area contributed by atoms with E-state index in [2.05, 4.69) is 19.9 Å². The summed E-state index contributed by atoms with van der Waals surface area (Å²) in [6, 6.07) is 3.68. The van der Waals surface area contributed by atoms with Crippen molar-refractivity contribution in [3.63, 3.8) is 0 Å². The summed E-state index contributed by atoms with van der Waals surface area (Å²) in [5.41, 5.74) is 0.633. The zero-order chi connectivity index (χ0) is 15.4. The van der Waals surface area contributed by atoms with E-state index in [9.17, 15) is 4.79 Å². The zero-order valence-corrected chi connectivity index (χ0v) is 12.6. The van der Waals surface area contributed by atoms with Crippen LogP contribution in [0.1, 0.15) is 35.7 Å². The maximum absolute atomic E-state index is 12.4. The number of hydrogen-bond donors (Lipinski definition) is 1. The molecule has 3 atom stereocenters. The fraction of sp³-hybridized carbons (Fsp3) is 0.438. The number of imidazole rings is 1. The second kappa shape index (κ2) is 6.70. The first-order valence-corrected chi connectivity index (χ1v) is 7.49. The molecule has 1 saturated carbocycles.